The van der Waals surface area contributed by atoms with E-state index in [0.717, 1.165) is 18.9 Å². The van der Waals surface area contributed by atoms with Gasteiger partial charge in [-0.25, -0.2) is 13.6 Å². The third-order valence-corrected chi connectivity index (χ3v) is 4.13. The number of carbonyl (C=O) groups is 1. The molecule has 1 aliphatic heterocycles. The van der Waals surface area contributed by atoms with Gasteiger partial charge in [0.05, 0.1) is 10.2 Å². The fourth-order valence-corrected chi connectivity index (χ4v) is 2.69. The molecule has 0 saturated carbocycles. The Labute approximate surface area is 131 Å². The number of hydrogen-bond donors (Lipinski definition) is 1. The number of nitrogens with one attached hydrogen (secondary N) is 1. The molecule has 0 atom stereocenters. The van der Waals surface area contributed by atoms with E-state index < -0.39 is 11.6 Å². The fourth-order valence-electron chi connectivity index (χ4n) is 2.35. The lowest BCUT2D eigenvalue weighted by molar-refractivity contribution is 0.158. The number of halogens is 3. The Hall–Kier alpha value is -1.37. The molecule has 0 radical (unpaired) electrons. The van der Waals surface area contributed by atoms with Crippen LogP contribution in [0.5, 0.6) is 0 Å². The van der Waals surface area contributed by atoms with Gasteiger partial charge in [0.15, 0.2) is 0 Å². The molecular weight excluding hydrogens is 344 g/mol. The van der Waals surface area contributed by atoms with E-state index in [1.165, 1.54) is 6.07 Å². The molecule has 2 rings (SSSR count). The number of likely N-dealkylation sites (tertiary alicyclic amines) is 1. The Bertz CT molecular complexity index is 531. The quantitative estimate of drug-likeness (QED) is 0.820. The van der Waals surface area contributed by atoms with Gasteiger partial charge in [-0.2, -0.15) is 0 Å². The van der Waals surface area contributed by atoms with Crippen LogP contribution in [0.15, 0.2) is 16.6 Å². The lowest BCUT2D eigenvalue weighted by atomic mass is 10.0. The van der Waals surface area contributed by atoms with Crippen molar-refractivity contribution in [2.24, 2.45) is 0 Å². The first-order valence-electron chi connectivity index (χ1n) is 6.76. The number of amides is 2. The molecule has 4 nitrogen and oxygen atoms in total. The number of benzene rings is 1. The number of hydrogen-bond acceptors (Lipinski definition) is 2. The van der Waals surface area contributed by atoms with Crippen LogP contribution in [0.25, 0.3) is 0 Å². The molecular formula is C14H18BrF2N3O. The van der Waals surface area contributed by atoms with Crippen LogP contribution in [0.2, 0.25) is 0 Å². The smallest absolute Gasteiger partial charge is 0.319 e. The largest absolute Gasteiger partial charge is 0.380 e. The molecule has 7 heteroatoms. The van der Waals surface area contributed by atoms with Crippen molar-refractivity contribution in [1.29, 1.82) is 0 Å². The van der Waals surface area contributed by atoms with Gasteiger partial charge in [-0.1, -0.05) is 0 Å². The van der Waals surface area contributed by atoms with Crippen molar-refractivity contribution in [2.45, 2.75) is 18.9 Å². The van der Waals surface area contributed by atoms with Crippen LogP contribution in [0, 0.1) is 11.6 Å². The molecule has 116 valence electrons. The van der Waals surface area contributed by atoms with Gasteiger partial charge in [-0.05, 0) is 34.8 Å². The summed E-state index contributed by atoms with van der Waals surface area (Å²) in [6, 6.07) is 2.33. The maximum absolute atomic E-state index is 13.7. The Balaban J connectivity index is 1.95. The molecule has 2 amide bonds. The van der Waals surface area contributed by atoms with E-state index in [4.69, 9.17) is 0 Å². The van der Waals surface area contributed by atoms with Gasteiger partial charge < -0.3 is 15.1 Å². The van der Waals surface area contributed by atoms with Gasteiger partial charge in [0.1, 0.15) is 11.6 Å². The average molecular weight is 362 g/mol. The maximum Gasteiger partial charge on any atom is 0.319 e. The summed E-state index contributed by atoms with van der Waals surface area (Å²) < 4.78 is 27.1. The van der Waals surface area contributed by atoms with E-state index in [1.807, 2.05) is 0 Å². The molecule has 1 fully saturated rings. The number of rotatable bonds is 2. The summed E-state index contributed by atoms with van der Waals surface area (Å²) in [7, 11) is 3.44. The summed E-state index contributed by atoms with van der Waals surface area (Å²) in [6.45, 7) is 1.25. The minimum atomic E-state index is -0.621. The molecule has 1 aromatic rings. The number of nitrogens with zero attached hydrogens (tertiary/aromatic N) is 2. The molecule has 1 saturated heterocycles. The van der Waals surface area contributed by atoms with Crippen molar-refractivity contribution in [3.05, 3.63) is 28.2 Å². The summed E-state index contributed by atoms with van der Waals surface area (Å²) in [6.07, 6.45) is 1.46. The molecule has 0 aliphatic carbocycles. The molecule has 1 heterocycles. The summed E-state index contributed by atoms with van der Waals surface area (Å²) >= 11 is 3.05. The Kier molecular flexibility index (Phi) is 5.03. The van der Waals surface area contributed by atoms with E-state index >= 15 is 0 Å². The monoisotopic (exact) mass is 361 g/mol. The van der Waals surface area contributed by atoms with Gasteiger partial charge in [0.2, 0.25) is 0 Å². The van der Waals surface area contributed by atoms with Gasteiger partial charge in [0.25, 0.3) is 0 Å². The second kappa shape index (κ2) is 6.60. The topological polar surface area (TPSA) is 35.6 Å². The van der Waals surface area contributed by atoms with Gasteiger partial charge >= 0.3 is 6.03 Å². The molecule has 1 N–H and O–H groups in total. The van der Waals surface area contributed by atoms with Crippen molar-refractivity contribution >= 4 is 27.6 Å². The van der Waals surface area contributed by atoms with Crippen molar-refractivity contribution < 1.29 is 13.6 Å². The Morgan fingerprint density at radius 2 is 1.90 bits per heavy atom. The molecule has 1 aliphatic rings. The predicted octanol–water partition coefficient (Wildman–Crippen LogP) is 3.29. The van der Waals surface area contributed by atoms with Gasteiger partial charge in [0, 0.05) is 39.3 Å². The van der Waals surface area contributed by atoms with Crippen molar-refractivity contribution in [3.63, 3.8) is 0 Å². The van der Waals surface area contributed by atoms with E-state index in [2.05, 4.69) is 21.2 Å². The van der Waals surface area contributed by atoms with Crippen LogP contribution < -0.4 is 5.32 Å². The van der Waals surface area contributed by atoms with Gasteiger partial charge in [-0.3, -0.25) is 0 Å². The molecule has 0 aromatic heterocycles. The number of urea groups is 1. The Morgan fingerprint density at radius 1 is 1.29 bits per heavy atom. The van der Waals surface area contributed by atoms with Gasteiger partial charge in [-0.15, -0.1) is 0 Å². The van der Waals surface area contributed by atoms with Crippen LogP contribution in [0.4, 0.5) is 19.3 Å². The highest BCUT2D eigenvalue weighted by Crippen LogP contribution is 2.26. The highest BCUT2D eigenvalue weighted by Gasteiger charge is 2.24. The standard InChI is InChI=1S/C14H18BrF2N3O/c1-19(2)14(21)20-5-3-9(4-6-20)18-13-7-10(15)11(16)8-12(13)17/h7-9,18H,3-6H2,1-2H3. The van der Waals surface area contributed by atoms with Crippen LogP contribution in [-0.4, -0.2) is 49.1 Å². The Morgan fingerprint density at radius 3 is 2.48 bits per heavy atom. The number of anilines is 1. The zero-order chi connectivity index (χ0) is 15.6. The first kappa shape index (κ1) is 16.0. The van der Waals surface area contributed by atoms with E-state index in [0.29, 0.717) is 13.1 Å². The second-order valence-electron chi connectivity index (χ2n) is 5.33. The molecule has 1 aromatic carbocycles. The highest BCUT2D eigenvalue weighted by atomic mass is 79.9. The van der Waals surface area contributed by atoms with Crippen LogP contribution >= 0.6 is 15.9 Å². The average Bonchev–Trinajstić information content (AvgIpc) is 2.44. The second-order valence-corrected chi connectivity index (χ2v) is 6.18. The van der Waals surface area contributed by atoms with Crippen LogP contribution in [0.3, 0.4) is 0 Å². The molecule has 21 heavy (non-hydrogen) atoms. The maximum atomic E-state index is 13.7. The number of carbonyl (C=O) groups excluding carboxylic acids is 1. The zero-order valence-corrected chi connectivity index (χ0v) is 13.6. The third kappa shape index (κ3) is 3.84. The summed E-state index contributed by atoms with van der Waals surface area (Å²) in [5, 5.41) is 3.08. The minimum absolute atomic E-state index is 0.0100. The highest BCUT2D eigenvalue weighted by molar-refractivity contribution is 9.10. The van der Waals surface area contributed by atoms with Crippen molar-refractivity contribution in [3.8, 4) is 0 Å². The third-order valence-electron chi connectivity index (χ3n) is 3.52. The van der Waals surface area contributed by atoms with Crippen LogP contribution in [-0.2, 0) is 0 Å². The first-order valence-corrected chi connectivity index (χ1v) is 7.55. The van der Waals surface area contributed by atoms with Crippen molar-refractivity contribution in [2.75, 3.05) is 32.5 Å². The van der Waals surface area contributed by atoms with E-state index in [1.54, 1.807) is 23.9 Å². The number of piperidine rings is 1. The predicted molar refractivity (Wildman–Crippen MR) is 81.4 cm³/mol. The summed E-state index contributed by atoms with van der Waals surface area (Å²) in [5.74, 6) is -1.23. The van der Waals surface area contributed by atoms with E-state index in [9.17, 15) is 13.6 Å². The normalized spacial score (nSPS) is 16.0. The first-order chi connectivity index (χ1) is 9.88. The molecule has 0 spiro atoms. The SMILES string of the molecule is CN(C)C(=O)N1CCC(Nc2cc(Br)c(F)cc2F)CC1. The molecule has 0 bridgehead atoms. The lowest BCUT2D eigenvalue weighted by Crippen LogP contribution is -2.46. The van der Waals surface area contributed by atoms with Crippen LogP contribution in [0.1, 0.15) is 12.8 Å². The summed E-state index contributed by atoms with van der Waals surface area (Å²) in [4.78, 5) is 15.1. The minimum Gasteiger partial charge on any atom is -0.380 e. The summed E-state index contributed by atoms with van der Waals surface area (Å²) in [5.41, 5.74) is 0.278. The fraction of sp³-hybridized carbons (Fsp3) is 0.500. The molecule has 0 unspecified atom stereocenters. The van der Waals surface area contributed by atoms with Crippen molar-refractivity contribution in [1.82, 2.24) is 9.80 Å². The zero-order valence-electron chi connectivity index (χ0n) is 12.0. The van der Waals surface area contributed by atoms with E-state index in [-0.39, 0.29) is 22.2 Å². The lowest BCUT2D eigenvalue weighted by Gasteiger charge is -2.34.